The highest BCUT2D eigenvalue weighted by molar-refractivity contribution is 7.99. The summed E-state index contributed by atoms with van der Waals surface area (Å²) >= 11 is 7.56. The molecule has 1 aliphatic rings. The van der Waals surface area contributed by atoms with Gasteiger partial charge in [0.05, 0.1) is 24.1 Å². The Balaban J connectivity index is 1.41. The van der Waals surface area contributed by atoms with Crippen molar-refractivity contribution in [3.8, 4) is 11.4 Å². The average molecular weight is 415 g/mol. The molecule has 6 nitrogen and oxygen atoms in total. The molecule has 1 amide bonds. The van der Waals surface area contributed by atoms with E-state index < -0.39 is 0 Å². The average Bonchev–Trinajstić information content (AvgIpc) is 3.17. The summed E-state index contributed by atoms with van der Waals surface area (Å²) in [6, 6.07) is 13.5. The number of ether oxygens (including phenoxy) is 1. The molecule has 28 heavy (non-hydrogen) atoms. The Kier molecular flexibility index (Phi) is 5.54. The van der Waals surface area contributed by atoms with Crippen LogP contribution in [0.5, 0.6) is 5.75 Å². The van der Waals surface area contributed by atoms with E-state index in [0.717, 1.165) is 29.0 Å². The second kappa shape index (κ2) is 8.24. The lowest BCUT2D eigenvalue weighted by atomic mass is 10.0. The third kappa shape index (κ3) is 4.00. The molecular formula is C20H19ClN4O2S. The highest BCUT2D eigenvalue weighted by Gasteiger charge is 2.22. The maximum atomic E-state index is 12.5. The van der Waals surface area contributed by atoms with Crippen LogP contribution in [0.3, 0.4) is 0 Å². The number of halogens is 1. The van der Waals surface area contributed by atoms with Crippen molar-refractivity contribution in [2.45, 2.75) is 24.5 Å². The van der Waals surface area contributed by atoms with Gasteiger partial charge in [0.1, 0.15) is 12.1 Å². The third-order valence-electron chi connectivity index (χ3n) is 4.58. The first kappa shape index (κ1) is 18.8. The molecule has 0 radical (unpaired) electrons. The van der Waals surface area contributed by atoms with Crippen LogP contribution < -0.4 is 10.1 Å². The number of rotatable bonds is 5. The molecule has 1 aliphatic heterocycles. The van der Waals surface area contributed by atoms with Crippen molar-refractivity contribution in [1.29, 1.82) is 0 Å². The van der Waals surface area contributed by atoms with E-state index in [9.17, 15) is 4.79 Å². The Labute approximate surface area is 172 Å². The monoisotopic (exact) mass is 414 g/mol. The fourth-order valence-electron chi connectivity index (χ4n) is 3.09. The SMILES string of the molecule is Cc1ccc(-n2cnnc2SCC(=O)NC2CCOc3ccccc32)cc1Cl. The zero-order valence-corrected chi connectivity index (χ0v) is 16.8. The van der Waals surface area contributed by atoms with Gasteiger partial charge >= 0.3 is 0 Å². The van der Waals surface area contributed by atoms with Crippen LogP contribution in [0.25, 0.3) is 5.69 Å². The van der Waals surface area contributed by atoms with Gasteiger partial charge in [0.2, 0.25) is 5.91 Å². The molecule has 3 aromatic rings. The number of hydrogen-bond acceptors (Lipinski definition) is 5. The second-order valence-electron chi connectivity index (χ2n) is 6.50. The summed E-state index contributed by atoms with van der Waals surface area (Å²) < 4.78 is 7.47. The molecule has 144 valence electrons. The quantitative estimate of drug-likeness (QED) is 0.640. The van der Waals surface area contributed by atoms with E-state index in [2.05, 4.69) is 15.5 Å². The topological polar surface area (TPSA) is 69.0 Å². The number of para-hydroxylation sites is 1. The van der Waals surface area contributed by atoms with Gasteiger partial charge in [-0.1, -0.05) is 47.6 Å². The Bertz CT molecular complexity index is 1010. The van der Waals surface area contributed by atoms with E-state index >= 15 is 0 Å². The number of aryl methyl sites for hydroxylation is 1. The minimum atomic E-state index is -0.0526. The Morgan fingerprint density at radius 2 is 2.21 bits per heavy atom. The Morgan fingerprint density at radius 3 is 3.07 bits per heavy atom. The van der Waals surface area contributed by atoms with Gasteiger partial charge in [0, 0.05) is 17.0 Å². The minimum absolute atomic E-state index is 0.0353. The van der Waals surface area contributed by atoms with Crippen molar-refractivity contribution in [2.24, 2.45) is 0 Å². The number of nitrogens with one attached hydrogen (secondary N) is 1. The molecule has 0 saturated heterocycles. The highest BCUT2D eigenvalue weighted by atomic mass is 35.5. The van der Waals surface area contributed by atoms with E-state index in [1.54, 1.807) is 6.33 Å². The fraction of sp³-hybridized carbons (Fsp3) is 0.250. The second-order valence-corrected chi connectivity index (χ2v) is 7.85. The molecule has 2 heterocycles. The number of fused-ring (bicyclic) bond motifs is 1. The standard InChI is InChI=1S/C20H19ClN4O2S/c1-13-6-7-14(10-16(13)21)25-12-22-24-20(25)28-11-19(26)23-17-8-9-27-18-5-3-2-4-15(17)18/h2-7,10,12,17H,8-9,11H2,1H3,(H,23,26). The van der Waals surface area contributed by atoms with Gasteiger partial charge in [-0.2, -0.15) is 0 Å². The van der Waals surface area contributed by atoms with Crippen LogP contribution in [-0.2, 0) is 4.79 Å². The van der Waals surface area contributed by atoms with Crippen LogP contribution in [0.2, 0.25) is 5.02 Å². The van der Waals surface area contributed by atoms with Gasteiger partial charge in [-0.3, -0.25) is 9.36 Å². The lowest BCUT2D eigenvalue weighted by Gasteiger charge is -2.26. The number of amides is 1. The Hall–Kier alpha value is -2.51. The highest BCUT2D eigenvalue weighted by Crippen LogP contribution is 2.31. The molecule has 0 saturated carbocycles. The van der Waals surface area contributed by atoms with Crippen molar-refractivity contribution < 1.29 is 9.53 Å². The van der Waals surface area contributed by atoms with Gasteiger partial charge in [-0.05, 0) is 30.7 Å². The molecule has 1 unspecified atom stereocenters. The molecule has 0 aliphatic carbocycles. The predicted octanol–water partition coefficient (Wildman–Crippen LogP) is 3.96. The predicted molar refractivity (Wildman–Crippen MR) is 109 cm³/mol. The summed E-state index contributed by atoms with van der Waals surface area (Å²) in [6.45, 7) is 2.55. The van der Waals surface area contributed by atoms with Crippen LogP contribution in [0.1, 0.15) is 23.6 Å². The first-order valence-electron chi connectivity index (χ1n) is 8.92. The first-order chi connectivity index (χ1) is 13.6. The number of carbonyl (C=O) groups excluding carboxylic acids is 1. The summed E-state index contributed by atoms with van der Waals surface area (Å²) in [5.41, 5.74) is 2.88. The largest absolute Gasteiger partial charge is 0.493 e. The minimum Gasteiger partial charge on any atom is -0.493 e. The summed E-state index contributed by atoms with van der Waals surface area (Å²) in [6.07, 6.45) is 2.38. The van der Waals surface area contributed by atoms with Gasteiger partial charge in [-0.15, -0.1) is 10.2 Å². The smallest absolute Gasteiger partial charge is 0.230 e. The van der Waals surface area contributed by atoms with E-state index in [1.165, 1.54) is 11.8 Å². The summed E-state index contributed by atoms with van der Waals surface area (Å²) in [7, 11) is 0. The summed E-state index contributed by atoms with van der Waals surface area (Å²) in [4.78, 5) is 12.5. The van der Waals surface area contributed by atoms with Gasteiger partial charge in [-0.25, -0.2) is 0 Å². The number of thioether (sulfide) groups is 1. The van der Waals surface area contributed by atoms with E-state index in [4.69, 9.17) is 16.3 Å². The third-order valence-corrected chi connectivity index (χ3v) is 5.93. The molecule has 0 bridgehead atoms. The van der Waals surface area contributed by atoms with Crippen LogP contribution in [0, 0.1) is 6.92 Å². The summed E-state index contributed by atoms with van der Waals surface area (Å²) in [5, 5.41) is 12.5. The molecule has 1 atom stereocenters. The van der Waals surface area contributed by atoms with Crippen molar-refractivity contribution in [1.82, 2.24) is 20.1 Å². The van der Waals surface area contributed by atoms with Crippen LogP contribution in [0.15, 0.2) is 53.9 Å². The van der Waals surface area contributed by atoms with Crippen molar-refractivity contribution >= 4 is 29.3 Å². The number of nitrogens with zero attached hydrogens (tertiary/aromatic N) is 3. The Morgan fingerprint density at radius 1 is 1.36 bits per heavy atom. The fourth-order valence-corrected chi connectivity index (χ4v) is 4.00. The molecule has 4 rings (SSSR count). The normalized spacial score (nSPS) is 15.6. The lowest BCUT2D eigenvalue weighted by Crippen LogP contribution is -2.33. The maximum absolute atomic E-state index is 12.5. The van der Waals surface area contributed by atoms with Gasteiger partial charge in [0.15, 0.2) is 5.16 Å². The van der Waals surface area contributed by atoms with E-state index in [0.29, 0.717) is 16.8 Å². The molecule has 8 heteroatoms. The number of carbonyl (C=O) groups is 1. The first-order valence-corrected chi connectivity index (χ1v) is 10.3. The number of aromatic nitrogens is 3. The van der Waals surface area contributed by atoms with Crippen LogP contribution in [0.4, 0.5) is 0 Å². The zero-order valence-electron chi connectivity index (χ0n) is 15.3. The molecule has 0 spiro atoms. The van der Waals surface area contributed by atoms with Crippen LogP contribution >= 0.6 is 23.4 Å². The molecule has 1 aromatic heterocycles. The zero-order chi connectivity index (χ0) is 19.5. The summed E-state index contributed by atoms with van der Waals surface area (Å²) in [5.74, 6) is 1.03. The van der Waals surface area contributed by atoms with Crippen molar-refractivity contribution in [3.05, 3.63) is 64.9 Å². The number of benzene rings is 2. The molecule has 1 N–H and O–H groups in total. The molecule has 2 aromatic carbocycles. The van der Waals surface area contributed by atoms with Gasteiger partial charge < -0.3 is 10.1 Å². The van der Waals surface area contributed by atoms with Gasteiger partial charge in [0.25, 0.3) is 0 Å². The van der Waals surface area contributed by atoms with Crippen molar-refractivity contribution in [2.75, 3.05) is 12.4 Å². The van der Waals surface area contributed by atoms with Crippen molar-refractivity contribution in [3.63, 3.8) is 0 Å². The van der Waals surface area contributed by atoms with Crippen LogP contribution in [-0.4, -0.2) is 33.0 Å². The molecule has 0 fully saturated rings. The molecular weight excluding hydrogens is 396 g/mol. The number of hydrogen-bond donors (Lipinski definition) is 1. The maximum Gasteiger partial charge on any atom is 0.230 e. The van der Waals surface area contributed by atoms with E-state index in [-0.39, 0.29) is 17.7 Å². The lowest BCUT2D eigenvalue weighted by molar-refractivity contribution is -0.119. The van der Waals surface area contributed by atoms with E-state index in [1.807, 2.05) is 54.0 Å².